The van der Waals surface area contributed by atoms with Gasteiger partial charge in [0.1, 0.15) is 0 Å². The van der Waals surface area contributed by atoms with E-state index >= 15 is 0 Å². The summed E-state index contributed by atoms with van der Waals surface area (Å²) in [6, 6.07) is 8.05. The summed E-state index contributed by atoms with van der Waals surface area (Å²) < 4.78 is 25.5. The lowest BCUT2D eigenvalue weighted by Crippen LogP contribution is -2.12. The van der Waals surface area contributed by atoms with Crippen molar-refractivity contribution in [2.75, 3.05) is 17.6 Å². The van der Waals surface area contributed by atoms with Crippen LogP contribution in [0.1, 0.15) is 42.6 Å². The van der Waals surface area contributed by atoms with Crippen molar-refractivity contribution in [2.45, 2.75) is 38.5 Å². The number of sulfone groups is 1. The molecule has 0 aliphatic heterocycles. The molecular weight excluding hydrogens is 386 g/mol. The lowest BCUT2D eigenvalue weighted by Gasteiger charge is -2.18. The number of carboxylic acids is 1. The summed E-state index contributed by atoms with van der Waals surface area (Å²) in [6.45, 7) is 6.06. The van der Waals surface area contributed by atoms with E-state index in [-0.39, 0.29) is 16.2 Å². The summed E-state index contributed by atoms with van der Waals surface area (Å²) in [5.74, 6) is -1.30. The van der Waals surface area contributed by atoms with Crippen molar-refractivity contribution < 1.29 is 18.3 Å². The first-order valence-corrected chi connectivity index (χ1v) is 10.9. The van der Waals surface area contributed by atoms with E-state index in [1.807, 2.05) is 19.9 Å². The highest BCUT2D eigenvalue weighted by Gasteiger charge is 2.24. The van der Waals surface area contributed by atoms with Crippen molar-refractivity contribution in [1.82, 2.24) is 0 Å². The average molecular weight is 410 g/mol. The maximum Gasteiger partial charge on any atom is 0.335 e. The molecule has 0 fully saturated rings. The molecule has 27 heavy (non-hydrogen) atoms. The molecule has 0 atom stereocenters. The Kier molecular flexibility index (Phi) is 6.89. The number of nitrogens with one attached hydrogen (secondary N) is 1. The third kappa shape index (κ3) is 4.82. The van der Waals surface area contributed by atoms with Crippen molar-refractivity contribution in [3.63, 3.8) is 0 Å². The molecule has 0 heterocycles. The summed E-state index contributed by atoms with van der Waals surface area (Å²) in [5.41, 5.74) is 2.38. The molecule has 2 aromatic carbocycles. The summed E-state index contributed by atoms with van der Waals surface area (Å²) in [5, 5.41) is 13.2. The van der Waals surface area contributed by atoms with Crippen LogP contribution in [0.4, 0.5) is 5.69 Å². The number of aromatic carboxylic acids is 1. The number of carbonyl (C=O) groups is 1. The maximum absolute atomic E-state index is 12.8. The standard InChI is InChI=1S/C20H24ClNO4S/c1-4-6-9-22-17-11-15(20(23)24)12-18(27(25,26)5-2)19(17)14-8-7-13(3)16(21)10-14/h7-8,10-12,22H,4-6,9H2,1-3H3,(H,23,24). The minimum atomic E-state index is -3.66. The average Bonchev–Trinajstić information content (AvgIpc) is 2.63. The molecule has 0 aliphatic rings. The normalized spacial score (nSPS) is 11.4. The molecule has 0 bridgehead atoms. The number of hydrogen-bond acceptors (Lipinski definition) is 4. The fourth-order valence-corrected chi connectivity index (χ4v) is 4.06. The highest BCUT2D eigenvalue weighted by molar-refractivity contribution is 7.91. The van der Waals surface area contributed by atoms with Gasteiger partial charge in [-0.1, -0.05) is 44.0 Å². The number of carboxylic acid groups (broad SMARTS) is 1. The van der Waals surface area contributed by atoms with Crippen LogP contribution in [0.5, 0.6) is 0 Å². The number of hydrogen-bond donors (Lipinski definition) is 2. The zero-order valence-electron chi connectivity index (χ0n) is 15.7. The molecule has 146 valence electrons. The minimum Gasteiger partial charge on any atom is -0.478 e. The molecule has 0 spiro atoms. The van der Waals surface area contributed by atoms with Crippen LogP contribution in [0.3, 0.4) is 0 Å². The van der Waals surface area contributed by atoms with Crippen molar-refractivity contribution >= 4 is 33.1 Å². The van der Waals surface area contributed by atoms with Gasteiger partial charge >= 0.3 is 5.97 Å². The highest BCUT2D eigenvalue weighted by atomic mass is 35.5. The van der Waals surface area contributed by atoms with Gasteiger partial charge in [-0.15, -0.1) is 0 Å². The predicted molar refractivity (Wildman–Crippen MR) is 110 cm³/mol. The van der Waals surface area contributed by atoms with Crippen LogP contribution in [0.25, 0.3) is 11.1 Å². The van der Waals surface area contributed by atoms with Gasteiger partial charge in [-0.25, -0.2) is 13.2 Å². The molecule has 2 aromatic rings. The zero-order valence-corrected chi connectivity index (χ0v) is 17.2. The molecule has 0 saturated heterocycles. The Morgan fingerprint density at radius 2 is 1.89 bits per heavy atom. The van der Waals surface area contributed by atoms with Gasteiger partial charge in [-0.05, 0) is 42.7 Å². The molecule has 2 rings (SSSR count). The number of aryl methyl sites for hydroxylation is 1. The largest absolute Gasteiger partial charge is 0.478 e. The maximum atomic E-state index is 12.8. The van der Waals surface area contributed by atoms with Crippen molar-refractivity contribution in [1.29, 1.82) is 0 Å². The Labute approximate surface area is 165 Å². The predicted octanol–water partition coefficient (Wildman–Crippen LogP) is 5.02. The van der Waals surface area contributed by atoms with Crippen LogP contribution >= 0.6 is 11.6 Å². The summed E-state index contributed by atoms with van der Waals surface area (Å²) in [6.07, 6.45) is 1.83. The van der Waals surface area contributed by atoms with E-state index in [0.29, 0.717) is 28.4 Å². The smallest absolute Gasteiger partial charge is 0.335 e. The van der Waals surface area contributed by atoms with E-state index in [2.05, 4.69) is 5.32 Å². The van der Waals surface area contributed by atoms with Crippen molar-refractivity contribution in [2.24, 2.45) is 0 Å². The molecule has 0 aromatic heterocycles. The van der Waals surface area contributed by atoms with Crippen LogP contribution in [-0.4, -0.2) is 31.8 Å². The quantitative estimate of drug-likeness (QED) is 0.598. The molecule has 0 unspecified atom stereocenters. The zero-order chi connectivity index (χ0) is 20.2. The van der Waals surface area contributed by atoms with Gasteiger partial charge in [0.15, 0.2) is 9.84 Å². The number of anilines is 1. The van der Waals surface area contributed by atoms with Crippen LogP contribution in [0.15, 0.2) is 35.2 Å². The fourth-order valence-electron chi connectivity index (χ4n) is 2.73. The van der Waals surface area contributed by atoms with Crippen LogP contribution in [0, 0.1) is 6.92 Å². The van der Waals surface area contributed by atoms with Gasteiger partial charge in [0, 0.05) is 22.8 Å². The van der Waals surface area contributed by atoms with E-state index in [0.717, 1.165) is 18.4 Å². The summed E-state index contributed by atoms with van der Waals surface area (Å²) in [4.78, 5) is 11.6. The van der Waals surface area contributed by atoms with E-state index in [9.17, 15) is 18.3 Å². The second kappa shape index (κ2) is 8.76. The summed E-state index contributed by atoms with van der Waals surface area (Å²) >= 11 is 6.26. The SMILES string of the molecule is CCCCNc1cc(C(=O)O)cc(S(=O)(=O)CC)c1-c1ccc(C)c(Cl)c1. The first-order valence-electron chi connectivity index (χ1n) is 8.85. The van der Waals surface area contributed by atoms with Gasteiger partial charge < -0.3 is 10.4 Å². The summed E-state index contributed by atoms with van der Waals surface area (Å²) in [7, 11) is -3.66. The van der Waals surface area contributed by atoms with Crippen molar-refractivity contribution in [3.05, 3.63) is 46.5 Å². The lowest BCUT2D eigenvalue weighted by atomic mass is 9.99. The van der Waals surface area contributed by atoms with Gasteiger partial charge in [0.05, 0.1) is 16.2 Å². The van der Waals surface area contributed by atoms with Crippen LogP contribution in [0.2, 0.25) is 5.02 Å². The van der Waals surface area contributed by atoms with E-state index in [1.165, 1.54) is 12.1 Å². The third-order valence-electron chi connectivity index (χ3n) is 4.37. The Bertz CT molecular complexity index is 955. The molecule has 0 saturated carbocycles. The molecule has 7 heteroatoms. The third-order valence-corrected chi connectivity index (χ3v) is 6.53. The first kappa shape index (κ1) is 21.3. The first-order chi connectivity index (χ1) is 12.7. The fraction of sp³-hybridized carbons (Fsp3) is 0.350. The van der Waals surface area contributed by atoms with E-state index in [4.69, 9.17) is 11.6 Å². The lowest BCUT2D eigenvalue weighted by molar-refractivity contribution is 0.0696. The second-order valence-corrected chi connectivity index (χ2v) is 9.00. The molecule has 5 nitrogen and oxygen atoms in total. The number of rotatable bonds is 8. The Morgan fingerprint density at radius 1 is 1.19 bits per heavy atom. The molecule has 0 aliphatic carbocycles. The number of unbranched alkanes of at least 4 members (excludes halogenated alkanes) is 1. The van der Waals surface area contributed by atoms with Gasteiger partial charge in [-0.2, -0.15) is 0 Å². The number of benzene rings is 2. The number of halogens is 1. The van der Waals surface area contributed by atoms with Gasteiger partial charge in [-0.3, -0.25) is 0 Å². The highest BCUT2D eigenvalue weighted by Crippen LogP contribution is 2.38. The monoisotopic (exact) mass is 409 g/mol. The van der Waals surface area contributed by atoms with E-state index in [1.54, 1.807) is 19.1 Å². The molecule has 0 radical (unpaired) electrons. The van der Waals surface area contributed by atoms with Crippen LogP contribution < -0.4 is 5.32 Å². The molecule has 2 N–H and O–H groups in total. The minimum absolute atomic E-state index is 0.00354. The second-order valence-electron chi connectivity index (χ2n) is 6.35. The Balaban J connectivity index is 2.82. The van der Waals surface area contributed by atoms with Gasteiger partial charge in [0.25, 0.3) is 0 Å². The van der Waals surface area contributed by atoms with Gasteiger partial charge in [0.2, 0.25) is 0 Å². The molecule has 0 amide bonds. The van der Waals surface area contributed by atoms with Crippen molar-refractivity contribution in [3.8, 4) is 11.1 Å². The topological polar surface area (TPSA) is 83.5 Å². The molecular formula is C20H24ClNO4S. The van der Waals surface area contributed by atoms with Crippen LogP contribution in [-0.2, 0) is 9.84 Å². The Hall–Kier alpha value is -2.05. The van der Waals surface area contributed by atoms with E-state index < -0.39 is 15.8 Å². The Morgan fingerprint density at radius 3 is 2.44 bits per heavy atom.